The molecular weight excluding hydrogens is 443 g/mol. The number of halogens is 5. The standard InChI is InChI=1S/C24H21F5N2O2/c1-15(11-12-30-14-22(25)26)31-23(32)17-5-10-20-16(13-17)3-2-4-21(20)33-19-8-6-18(7-9-19)24(27,28)29/h2-10,13,22,30H,11-12,14H2,1H3/b31-15+. The minimum Gasteiger partial charge on any atom is -0.457 e. The zero-order chi connectivity index (χ0) is 24.0. The first-order valence-corrected chi connectivity index (χ1v) is 10.1. The highest BCUT2D eigenvalue weighted by molar-refractivity contribution is 6.05. The van der Waals surface area contributed by atoms with Gasteiger partial charge in [-0.15, -0.1) is 0 Å². The van der Waals surface area contributed by atoms with E-state index in [4.69, 9.17) is 4.74 Å². The molecule has 3 rings (SSSR count). The number of ether oxygens (including phenoxy) is 1. The van der Waals surface area contributed by atoms with Crippen molar-refractivity contribution in [2.75, 3.05) is 13.1 Å². The van der Waals surface area contributed by atoms with Crippen molar-refractivity contribution in [2.24, 2.45) is 4.99 Å². The van der Waals surface area contributed by atoms with Crippen LogP contribution in [0.25, 0.3) is 10.8 Å². The van der Waals surface area contributed by atoms with Crippen molar-refractivity contribution in [3.63, 3.8) is 0 Å². The quantitative estimate of drug-likeness (QED) is 0.235. The Morgan fingerprint density at radius 2 is 1.79 bits per heavy atom. The summed E-state index contributed by atoms with van der Waals surface area (Å²) in [6.07, 6.45) is -6.50. The highest BCUT2D eigenvalue weighted by Crippen LogP contribution is 2.33. The lowest BCUT2D eigenvalue weighted by molar-refractivity contribution is -0.137. The highest BCUT2D eigenvalue weighted by atomic mass is 19.4. The minimum absolute atomic E-state index is 0.247. The lowest BCUT2D eigenvalue weighted by Gasteiger charge is -2.11. The van der Waals surface area contributed by atoms with Crippen LogP contribution in [0.4, 0.5) is 22.0 Å². The molecule has 4 nitrogen and oxygen atoms in total. The Balaban J connectivity index is 1.73. The van der Waals surface area contributed by atoms with Gasteiger partial charge in [-0.25, -0.2) is 13.8 Å². The number of nitrogens with one attached hydrogen (secondary N) is 1. The number of alkyl halides is 5. The van der Waals surface area contributed by atoms with Crippen LogP contribution in [-0.4, -0.2) is 31.1 Å². The van der Waals surface area contributed by atoms with Crippen LogP contribution in [0.1, 0.15) is 29.3 Å². The molecule has 0 saturated carbocycles. The van der Waals surface area contributed by atoms with Crippen molar-refractivity contribution in [3.8, 4) is 11.5 Å². The van der Waals surface area contributed by atoms with E-state index in [1.54, 1.807) is 43.3 Å². The van der Waals surface area contributed by atoms with E-state index < -0.39 is 30.6 Å². The third-order valence-electron chi connectivity index (χ3n) is 4.75. The highest BCUT2D eigenvalue weighted by Gasteiger charge is 2.30. The van der Waals surface area contributed by atoms with E-state index in [9.17, 15) is 26.7 Å². The van der Waals surface area contributed by atoms with E-state index in [0.717, 1.165) is 12.1 Å². The van der Waals surface area contributed by atoms with Crippen LogP contribution in [-0.2, 0) is 6.18 Å². The van der Waals surface area contributed by atoms with E-state index in [1.807, 2.05) is 0 Å². The fourth-order valence-electron chi connectivity index (χ4n) is 3.09. The molecule has 0 aliphatic heterocycles. The number of aliphatic imine (C=N–C) groups is 1. The molecule has 174 valence electrons. The molecule has 0 radical (unpaired) electrons. The smallest absolute Gasteiger partial charge is 0.416 e. The molecule has 0 heterocycles. The molecule has 3 aromatic carbocycles. The fraction of sp³-hybridized carbons (Fsp3) is 0.250. The third kappa shape index (κ3) is 6.82. The zero-order valence-corrected chi connectivity index (χ0v) is 17.6. The Bertz CT molecular complexity index is 1140. The summed E-state index contributed by atoms with van der Waals surface area (Å²) < 4.78 is 68.2. The van der Waals surface area contributed by atoms with E-state index in [1.165, 1.54) is 12.1 Å². The van der Waals surface area contributed by atoms with Crippen LogP contribution >= 0.6 is 0 Å². The molecule has 33 heavy (non-hydrogen) atoms. The van der Waals surface area contributed by atoms with E-state index in [-0.39, 0.29) is 12.3 Å². The van der Waals surface area contributed by atoms with Crippen molar-refractivity contribution in [1.82, 2.24) is 5.32 Å². The molecule has 1 N–H and O–H groups in total. The van der Waals surface area contributed by atoms with Gasteiger partial charge in [0.05, 0.1) is 12.1 Å². The van der Waals surface area contributed by atoms with Gasteiger partial charge in [0.25, 0.3) is 12.3 Å². The van der Waals surface area contributed by atoms with Crippen LogP contribution in [0.5, 0.6) is 11.5 Å². The van der Waals surface area contributed by atoms with E-state index >= 15 is 0 Å². The maximum Gasteiger partial charge on any atom is 0.416 e. The SMILES string of the molecule is C/C(CCNCC(F)F)=N\C(=O)c1ccc2c(Oc3ccc(C(F)(F)F)cc3)cccc2c1. The second kappa shape index (κ2) is 10.5. The van der Waals surface area contributed by atoms with E-state index in [0.29, 0.717) is 34.2 Å². The predicted molar refractivity (Wildman–Crippen MR) is 116 cm³/mol. The molecule has 0 saturated heterocycles. The number of nitrogens with zero attached hydrogens (tertiary/aromatic N) is 1. The molecule has 0 aliphatic rings. The first-order chi connectivity index (χ1) is 15.6. The van der Waals surface area contributed by atoms with Gasteiger partial charge < -0.3 is 10.1 Å². The van der Waals surface area contributed by atoms with E-state index in [2.05, 4.69) is 10.3 Å². The molecule has 0 aromatic heterocycles. The van der Waals surface area contributed by atoms with Gasteiger partial charge in [0.15, 0.2) is 0 Å². The largest absolute Gasteiger partial charge is 0.457 e. The number of carbonyl (C=O) groups is 1. The number of hydrogen-bond acceptors (Lipinski definition) is 3. The average molecular weight is 464 g/mol. The summed E-state index contributed by atoms with van der Waals surface area (Å²) in [6, 6.07) is 14.4. The number of fused-ring (bicyclic) bond motifs is 1. The monoisotopic (exact) mass is 464 g/mol. The molecule has 0 unspecified atom stereocenters. The molecule has 3 aromatic rings. The number of hydrogen-bond donors (Lipinski definition) is 1. The summed E-state index contributed by atoms with van der Waals surface area (Å²) in [5.41, 5.74) is 0.0897. The van der Waals surface area contributed by atoms with Gasteiger partial charge in [-0.1, -0.05) is 12.1 Å². The topological polar surface area (TPSA) is 50.7 Å². The van der Waals surface area contributed by atoms with Crippen LogP contribution in [0.3, 0.4) is 0 Å². The number of carbonyl (C=O) groups excluding carboxylic acids is 1. The minimum atomic E-state index is -4.43. The van der Waals surface area contributed by atoms with Crippen molar-refractivity contribution in [1.29, 1.82) is 0 Å². The second-order valence-electron chi connectivity index (χ2n) is 7.31. The molecule has 1 amide bonds. The summed E-state index contributed by atoms with van der Waals surface area (Å²) in [5, 5.41) is 3.94. The molecule has 0 aliphatic carbocycles. The normalized spacial score (nSPS) is 12.4. The summed E-state index contributed by atoms with van der Waals surface area (Å²) in [7, 11) is 0. The van der Waals surface area contributed by atoms with Gasteiger partial charge in [0.1, 0.15) is 11.5 Å². The summed E-state index contributed by atoms with van der Waals surface area (Å²) in [4.78, 5) is 16.5. The Labute approximate surface area is 187 Å². The van der Waals surface area contributed by atoms with Crippen LogP contribution in [0.15, 0.2) is 65.7 Å². The second-order valence-corrected chi connectivity index (χ2v) is 7.31. The zero-order valence-electron chi connectivity index (χ0n) is 17.6. The van der Waals surface area contributed by atoms with Crippen LogP contribution in [0, 0.1) is 0 Å². The van der Waals surface area contributed by atoms with Gasteiger partial charge in [0.2, 0.25) is 0 Å². The molecule has 0 fully saturated rings. The van der Waals surface area contributed by atoms with Crippen molar-refractivity contribution in [3.05, 3.63) is 71.8 Å². The third-order valence-corrected chi connectivity index (χ3v) is 4.75. The Hall–Kier alpha value is -3.33. The summed E-state index contributed by atoms with van der Waals surface area (Å²) >= 11 is 0. The lowest BCUT2D eigenvalue weighted by Crippen LogP contribution is -2.23. The maximum atomic E-state index is 12.7. The number of amides is 1. The molecule has 0 bridgehead atoms. The predicted octanol–water partition coefficient (Wildman–Crippen LogP) is 6.50. The van der Waals surface area contributed by atoms with Gasteiger partial charge >= 0.3 is 6.18 Å². The van der Waals surface area contributed by atoms with Crippen molar-refractivity contribution in [2.45, 2.75) is 25.9 Å². The molecule has 9 heteroatoms. The van der Waals surface area contributed by atoms with Gasteiger partial charge in [-0.05, 0) is 67.3 Å². The molecule has 0 spiro atoms. The molecule has 0 atom stereocenters. The van der Waals surface area contributed by atoms with Crippen molar-refractivity contribution >= 4 is 22.4 Å². The Kier molecular flexibility index (Phi) is 7.75. The maximum absolute atomic E-state index is 12.7. The first-order valence-electron chi connectivity index (χ1n) is 10.1. The van der Waals surface area contributed by atoms with Crippen molar-refractivity contribution < 1.29 is 31.5 Å². The summed E-state index contributed by atoms with van der Waals surface area (Å²) in [6.45, 7) is 1.52. The Morgan fingerprint density at radius 1 is 1.06 bits per heavy atom. The summed E-state index contributed by atoms with van der Waals surface area (Å²) in [5.74, 6) is 0.213. The van der Waals surface area contributed by atoms with Crippen LogP contribution in [0.2, 0.25) is 0 Å². The molecular formula is C24H21F5N2O2. The van der Waals surface area contributed by atoms with Gasteiger partial charge in [-0.3, -0.25) is 4.79 Å². The fourth-order valence-corrected chi connectivity index (χ4v) is 3.09. The van der Waals surface area contributed by atoms with Gasteiger partial charge in [0, 0.05) is 23.2 Å². The van der Waals surface area contributed by atoms with Gasteiger partial charge in [-0.2, -0.15) is 13.2 Å². The number of rotatable bonds is 8. The average Bonchev–Trinajstić information content (AvgIpc) is 2.76. The Morgan fingerprint density at radius 3 is 2.45 bits per heavy atom. The van der Waals surface area contributed by atoms with Crippen LogP contribution < -0.4 is 10.1 Å². The first kappa shape index (κ1) is 24.3. The number of benzene rings is 3. The lowest BCUT2D eigenvalue weighted by atomic mass is 10.1.